The predicted octanol–water partition coefficient (Wildman–Crippen LogP) is 15.5. The Bertz CT molecular complexity index is 2410. The molecule has 0 unspecified atom stereocenters. The lowest BCUT2D eigenvalue weighted by atomic mass is 9.90. The largest absolute Gasteiger partial charge is 0.453 e. The molecule has 0 atom stereocenters. The molecule has 3 heterocycles. The van der Waals surface area contributed by atoms with Crippen LogP contribution in [0.3, 0.4) is 0 Å². The lowest BCUT2D eigenvalue weighted by Gasteiger charge is -2.43. The fourth-order valence-corrected chi connectivity index (χ4v) is 8.02. The number of hydrogen-bond acceptors (Lipinski definition) is 6. The molecule has 0 amide bonds. The van der Waals surface area contributed by atoms with Gasteiger partial charge in [-0.1, -0.05) is 72.8 Å². The molecule has 3 aliphatic rings. The van der Waals surface area contributed by atoms with Gasteiger partial charge in [0.25, 0.3) is 0 Å². The van der Waals surface area contributed by atoms with Crippen LogP contribution >= 0.6 is 0 Å². The van der Waals surface area contributed by atoms with Crippen molar-refractivity contribution in [3.8, 4) is 34.5 Å². The molecule has 0 saturated heterocycles. The highest BCUT2D eigenvalue weighted by molar-refractivity contribution is 6.03. The van der Waals surface area contributed by atoms with Crippen LogP contribution in [0.1, 0.15) is 16.7 Å². The predicted molar refractivity (Wildman–Crippen MR) is 206 cm³/mol. The third kappa shape index (κ3) is 5.67. The molecule has 0 aromatic heterocycles. The number of nitrogens with zero attached hydrogens (tertiary/aromatic N) is 3. The number of alkyl halides is 9. The third-order valence-corrected chi connectivity index (χ3v) is 10.2. The third-order valence-electron chi connectivity index (χ3n) is 10.2. The molecule has 6 nitrogen and oxygen atoms in total. The smallest absolute Gasteiger partial charge is 0.420 e. The van der Waals surface area contributed by atoms with Crippen LogP contribution in [0.2, 0.25) is 0 Å². The lowest BCUT2D eigenvalue weighted by Crippen LogP contribution is -2.33. The number of para-hydroxylation sites is 12. The van der Waals surface area contributed by atoms with Crippen molar-refractivity contribution in [2.75, 3.05) is 14.7 Å². The van der Waals surface area contributed by atoms with Gasteiger partial charge in [-0.05, 0) is 72.8 Å². The average molecular weight is 826 g/mol. The quantitative estimate of drug-likeness (QED) is 0.165. The van der Waals surface area contributed by atoms with E-state index < -0.39 is 52.3 Å². The monoisotopic (exact) mass is 825 g/mol. The molecule has 15 heteroatoms. The minimum absolute atomic E-state index is 0.149. The van der Waals surface area contributed by atoms with E-state index in [0.29, 0.717) is 14.7 Å². The number of fused-ring (bicyclic) bond motifs is 6. The normalized spacial score (nSPS) is 14.1. The van der Waals surface area contributed by atoms with Crippen molar-refractivity contribution in [2.45, 2.75) is 18.5 Å². The summed E-state index contributed by atoms with van der Waals surface area (Å²) in [6.07, 6.45) is -17.7. The number of hydrogen-bond donors (Lipinski definition) is 0. The van der Waals surface area contributed by atoms with Crippen molar-refractivity contribution in [2.24, 2.45) is 0 Å². The van der Waals surface area contributed by atoms with Gasteiger partial charge in [-0.15, -0.1) is 0 Å². The van der Waals surface area contributed by atoms with Crippen LogP contribution in [0.15, 0.2) is 146 Å². The van der Waals surface area contributed by atoms with E-state index in [2.05, 4.69) is 0 Å². The molecule has 0 N–H and O–H groups in total. The molecule has 60 heavy (non-hydrogen) atoms. The molecular weight excluding hydrogens is 801 g/mol. The van der Waals surface area contributed by atoms with E-state index in [1.54, 1.807) is 0 Å². The molecule has 0 radical (unpaired) electrons. The Kier molecular flexibility index (Phi) is 8.09. The highest BCUT2D eigenvalue weighted by atomic mass is 19.4. The summed E-state index contributed by atoms with van der Waals surface area (Å²) in [6.45, 7) is 0. The Labute approximate surface area is 334 Å². The van der Waals surface area contributed by atoms with Gasteiger partial charge in [0.05, 0.1) is 51.2 Å². The highest BCUT2D eigenvalue weighted by Crippen LogP contribution is 2.67. The van der Waals surface area contributed by atoms with Crippen LogP contribution in [0.25, 0.3) is 0 Å². The fourth-order valence-electron chi connectivity index (χ4n) is 8.02. The minimum Gasteiger partial charge on any atom is -0.453 e. The van der Waals surface area contributed by atoms with E-state index in [1.807, 2.05) is 0 Å². The number of benzene rings is 7. The zero-order valence-corrected chi connectivity index (χ0v) is 30.3. The van der Waals surface area contributed by atoms with E-state index in [-0.39, 0.29) is 68.6 Å². The van der Waals surface area contributed by atoms with Gasteiger partial charge >= 0.3 is 18.5 Å². The first-order valence-corrected chi connectivity index (χ1v) is 18.2. The summed E-state index contributed by atoms with van der Waals surface area (Å²) >= 11 is 0. The Morgan fingerprint density at radius 2 is 0.433 bits per heavy atom. The van der Waals surface area contributed by atoms with E-state index in [0.717, 1.165) is 0 Å². The zero-order valence-electron chi connectivity index (χ0n) is 30.3. The summed E-state index contributed by atoms with van der Waals surface area (Å²) in [5.41, 5.74) is -13.3. The van der Waals surface area contributed by atoms with Crippen molar-refractivity contribution >= 4 is 51.2 Å². The van der Waals surface area contributed by atoms with Gasteiger partial charge in [0.2, 0.25) is 0 Å². The van der Waals surface area contributed by atoms with Gasteiger partial charge < -0.3 is 28.9 Å². The second-order valence-corrected chi connectivity index (χ2v) is 13.8. The summed E-state index contributed by atoms with van der Waals surface area (Å²) in [5.74, 6) is -0.891. The summed E-state index contributed by atoms with van der Waals surface area (Å²) in [5, 5.41) is 0. The Morgan fingerprint density at radius 1 is 0.267 bits per heavy atom. The molecule has 300 valence electrons. The summed E-state index contributed by atoms with van der Waals surface area (Å²) < 4.78 is 168. The lowest BCUT2D eigenvalue weighted by molar-refractivity contribution is -0.146. The maximum Gasteiger partial charge on any atom is 0.420 e. The molecule has 7 aromatic carbocycles. The van der Waals surface area contributed by atoms with Crippen molar-refractivity contribution in [3.63, 3.8) is 0 Å². The topological polar surface area (TPSA) is 37.4 Å². The van der Waals surface area contributed by atoms with Gasteiger partial charge in [-0.2, -0.15) is 39.5 Å². The molecule has 10 rings (SSSR count). The molecule has 0 saturated carbocycles. The van der Waals surface area contributed by atoms with Crippen LogP contribution in [0, 0.1) is 0 Å². The summed E-state index contributed by atoms with van der Waals surface area (Å²) in [4.78, 5) is 2.05. The first kappa shape index (κ1) is 37.0. The highest BCUT2D eigenvalue weighted by Gasteiger charge is 2.57. The first-order valence-electron chi connectivity index (χ1n) is 18.2. The molecule has 0 fully saturated rings. The van der Waals surface area contributed by atoms with E-state index >= 15 is 39.5 Å². The van der Waals surface area contributed by atoms with Crippen molar-refractivity contribution in [1.29, 1.82) is 0 Å². The van der Waals surface area contributed by atoms with Crippen molar-refractivity contribution in [3.05, 3.63) is 162 Å². The standard InChI is InChI=1S/C45H24F9N3O3/c46-43(47,48)37-40(55-25-13-1-7-19-31(25)58-32-20-8-2-14-26(32)55)38(44(49,50)51)42(57-29-17-5-11-23-35(29)60-36-24-12-6-18-30(36)57)39(45(52,53)54)41(37)56-27-15-3-9-21-33(27)59-34-22-10-4-16-28(34)56/h1-24H. The maximum atomic E-state index is 16.6. The zero-order chi connectivity index (χ0) is 41.7. The Hall–Kier alpha value is -7.29. The van der Waals surface area contributed by atoms with Crippen LogP contribution in [-0.4, -0.2) is 0 Å². The van der Waals surface area contributed by atoms with Crippen LogP contribution in [0.5, 0.6) is 34.5 Å². The van der Waals surface area contributed by atoms with Gasteiger partial charge in [0, 0.05) is 0 Å². The number of halogens is 9. The minimum atomic E-state index is -5.91. The number of anilines is 9. The Morgan fingerprint density at radius 3 is 0.600 bits per heavy atom. The second-order valence-electron chi connectivity index (χ2n) is 13.8. The first-order chi connectivity index (χ1) is 28.7. The summed E-state index contributed by atoms with van der Waals surface area (Å²) in [6, 6.07) is 32.5. The summed E-state index contributed by atoms with van der Waals surface area (Å²) in [7, 11) is 0. The van der Waals surface area contributed by atoms with Gasteiger partial charge in [-0.3, -0.25) is 0 Å². The van der Waals surface area contributed by atoms with Gasteiger partial charge in [0.15, 0.2) is 34.5 Å². The molecule has 0 bridgehead atoms. The Balaban J connectivity index is 1.51. The van der Waals surface area contributed by atoms with Crippen molar-refractivity contribution < 1.29 is 53.7 Å². The van der Waals surface area contributed by atoms with Gasteiger partial charge in [-0.25, -0.2) is 0 Å². The van der Waals surface area contributed by atoms with E-state index in [9.17, 15) is 0 Å². The fraction of sp³-hybridized carbons (Fsp3) is 0.0667. The maximum absolute atomic E-state index is 16.6. The van der Waals surface area contributed by atoms with Crippen LogP contribution < -0.4 is 28.9 Å². The number of rotatable bonds is 3. The van der Waals surface area contributed by atoms with E-state index in [4.69, 9.17) is 14.2 Å². The van der Waals surface area contributed by atoms with Crippen LogP contribution in [0.4, 0.5) is 90.7 Å². The molecule has 0 spiro atoms. The molecule has 3 aliphatic heterocycles. The molecule has 0 aliphatic carbocycles. The molecular formula is C45H24F9N3O3. The second kappa shape index (κ2) is 13.1. The SMILES string of the molecule is FC(F)(F)c1c(N2c3ccccc3Oc3ccccc32)c(C(F)(F)F)c(N2c3ccccc3Oc3ccccc32)c(C(F)(F)F)c1N1c2ccccc2Oc2ccccc21. The number of ether oxygens (including phenoxy) is 3. The molecule has 7 aromatic rings. The average Bonchev–Trinajstić information content (AvgIpc) is 3.21. The van der Waals surface area contributed by atoms with Crippen LogP contribution in [-0.2, 0) is 18.5 Å². The van der Waals surface area contributed by atoms with Crippen molar-refractivity contribution in [1.82, 2.24) is 0 Å². The van der Waals surface area contributed by atoms with Gasteiger partial charge in [0.1, 0.15) is 16.7 Å². The van der Waals surface area contributed by atoms with E-state index in [1.165, 1.54) is 146 Å².